The van der Waals surface area contributed by atoms with E-state index in [0.717, 1.165) is 6.42 Å². The maximum atomic E-state index is 11.3. The molecule has 72 valence electrons. The molecule has 0 aromatic carbocycles. The lowest BCUT2D eigenvalue weighted by Crippen LogP contribution is -2.52. The third-order valence-corrected chi connectivity index (χ3v) is 1.69. The monoisotopic (exact) mass is 174 g/mol. The van der Waals surface area contributed by atoms with E-state index in [4.69, 9.17) is 10.8 Å². The number of carbonyl (C=O) groups is 1. The van der Waals surface area contributed by atoms with Crippen molar-refractivity contribution in [2.75, 3.05) is 13.2 Å². The molecule has 4 N–H and O–H groups in total. The van der Waals surface area contributed by atoms with Crippen molar-refractivity contribution in [2.45, 2.75) is 32.2 Å². The molecule has 0 saturated carbocycles. The molecule has 0 aliphatic carbocycles. The summed E-state index contributed by atoms with van der Waals surface area (Å²) < 4.78 is 0. The number of nitrogens with two attached hydrogens (primary N) is 1. The molecule has 0 rings (SSSR count). The zero-order chi connectivity index (χ0) is 9.61. The number of hydrogen-bond acceptors (Lipinski definition) is 3. The molecule has 0 bridgehead atoms. The van der Waals surface area contributed by atoms with Crippen LogP contribution in [0.5, 0.6) is 0 Å². The first kappa shape index (κ1) is 11.4. The second-order valence-electron chi connectivity index (χ2n) is 3.15. The molecule has 0 heterocycles. The maximum absolute atomic E-state index is 11.3. The highest BCUT2D eigenvalue weighted by Gasteiger charge is 2.26. The summed E-state index contributed by atoms with van der Waals surface area (Å²) >= 11 is 0. The number of rotatable bonds is 5. The molecular weight excluding hydrogens is 156 g/mol. The fourth-order valence-corrected chi connectivity index (χ4v) is 1.00. The third kappa shape index (κ3) is 3.69. The highest BCUT2D eigenvalue weighted by atomic mass is 16.3. The normalized spacial score (nSPS) is 15.3. The van der Waals surface area contributed by atoms with Crippen molar-refractivity contribution in [1.29, 1.82) is 0 Å². The van der Waals surface area contributed by atoms with Gasteiger partial charge in [-0.05, 0) is 13.3 Å². The second-order valence-corrected chi connectivity index (χ2v) is 3.15. The smallest absolute Gasteiger partial charge is 0.239 e. The van der Waals surface area contributed by atoms with Gasteiger partial charge in [0.2, 0.25) is 5.91 Å². The lowest BCUT2D eigenvalue weighted by molar-refractivity contribution is -0.126. The Morgan fingerprint density at radius 2 is 2.25 bits per heavy atom. The van der Waals surface area contributed by atoms with E-state index >= 15 is 0 Å². The van der Waals surface area contributed by atoms with Crippen LogP contribution in [0.1, 0.15) is 26.7 Å². The number of carbonyl (C=O) groups excluding carboxylic acids is 1. The van der Waals surface area contributed by atoms with E-state index in [1.807, 2.05) is 6.92 Å². The van der Waals surface area contributed by atoms with Crippen LogP contribution in [0.2, 0.25) is 0 Å². The van der Waals surface area contributed by atoms with Gasteiger partial charge in [0.1, 0.15) is 0 Å². The largest absolute Gasteiger partial charge is 0.395 e. The summed E-state index contributed by atoms with van der Waals surface area (Å²) in [5.74, 6) is -0.196. The van der Waals surface area contributed by atoms with Gasteiger partial charge >= 0.3 is 0 Å². The second kappa shape index (κ2) is 5.11. The van der Waals surface area contributed by atoms with Crippen LogP contribution in [0.3, 0.4) is 0 Å². The Labute approximate surface area is 73.1 Å². The summed E-state index contributed by atoms with van der Waals surface area (Å²) in [6.45, 7) is 3.90. The van der Waals surface area contributed by atoms with Crippen LogP contribution < -0.4 is 11.1 Å². The molecule has 0 aliphatic heterocycles. The van der Waals surface area contributed by atoms with Gasteiger partial charge in [0, 0.05) is 6.54 Å². The maximum Gasteiger partial charge on any atom is 0.239 e. The lowest BCUT2D eigenvalue weighted by Gasteiger charge is -2.22. The molecule has 0 aromatic heterocycles. The summed E-state index contributed by atoms with van der Waals surface area (Å²) in [5, 5.41) is 11.0. The van der Waals surface area contributed by atoms with Crippen molar-refractivity contribution >= 4 is 5.91 Å². The Kier molecular flexibility index (Phi) is 4.85. The molecule has 0 radical (unpaired) electrons. The van der Waals surface area contributed by atoms with E-state index in [9.17, 15) is 4.79 Å². The van der Waals surface area contributed by atoms with Crippen molar-refractivity contribution < 1.29 is 9.90 Å². The first-order valence-electron chi connectivity index (χ1n) is 4.22. The number of nitrogens with one attached hydrogen (secondary N) is 1. The van der Waals surface area contributed by atoms with E-state index < -0.39 is 5.54 Å². The summed E-state index contributed by atoms with van der Waals surface area (Å²) in [7, 11) is 0. The SMILES string of the molecule is CCCC(C)(N)C(=O)NCCO. The van der Waals surface area contributed by atoms with Crippen molar-refractivity contribution in [3.05, 3.63) is 0 Å². The molecule has 0 aliphatic rings. The van der Waals surface area contributed by atoms with Gasteiger partial charge in [-0.1, -0.05) is 13.3 Å². The van der Waals surface area contributed by atoms with E-state index in [1.54, 1.807) is 6.92 Å². The van der Waals surface area contributed by atoms with E-state index in [-0.39, 0.29) is 19.1 Å². The first-order valence-corrected chi connectivity index (χ1v) is 4.22. The van der Waals surface area contributed by atoms with E-state index in [2.05, 4.69) is 5.32 Å². The van der Waals surface area contributed by atoms with Crippen LogP contribution in [0.4, 0.5) is 0 Å². The van der Waals surface area contributed by atoms with Crippen molar-refractivity contribution in [2.24, 2.45) is 5.73 Å². The minimum Gasteiger partial charge on any atom is -0.395 e. The minimum atomic E-state index is -0.802. The molecule has 12 heavy (non-hydrogen) atoms. The summed E-state index contributed by atoms with van der Waals surface area (Å²) in [6, 6.07) is 0. The fourth-order valence-electron chi connectivity index (χ4n) is 1.00. The fraction of sp³-hybridized carbons (Fsp3) is 0.875. The number of aliphatic hydroxyl groups is 1. The quantitative estimate of drug-likeness (QED) is 0.531. The van der Waals surface area contributed by atoms with Gasteiger partial charge in [-0.2, -0.15) is 0 Å². The average molecular weight is 174 g/mol. The van der Waals surface area contributed by atoms with Crippen LogP contribution in [0, 0.1) is 0 Å². The third-order valence-electron chi connectivity index (χ3n) is 1.69. The molecule has 1 atom stereocenters. The Hall–Kier alpha value is -0.610. The van der Waals surface area contributed by atoms with E-state index in [1.165, 1.54) is 0 Å². The summed E-state index contributed by atoms with van der Waals surface area (Å²) in [6.07, 6.45) is 1.53. The van der Waals surface area contributed by atoms with E-state index in [0.29, 0.717) is 6.42 Å². The Balaban J connectivity index is 3.88. The van der Waals surface area contributed by atoms with Gasteiger partial charge in [0.05, 0.1) is 12.1 Å². The van der Waals surface area contributed by atoms with Gasteiger partial charge < -0.3 is 16.2 Å². The van der Waals surface area contributed by atoms with Crippen LogP contribution in [0.25, 0.3) is 0 Å². The predicted octanol–water partition coefficient (Wildman–Crippen LogP) is -0.388. The highest BCUT2D eigenvalue weighted by Crippen LogP contribution is 2.07. The van der Waals surface area contributed by atoms with Gasteiger partial charge in [-0.15, -0.1) is 0 Å². The summed E-state index contributed by atoms with van der Waals surface area (Å²) in [5.41, 5.74) is 4.92. The van der Waals surface area contributed by atoms with Crippen molar-refractivity contribution in [1.82, 2.24) is 5.32 Å². The Morgan fingerprint density at radius 3 is 2.67 bits per heavy atom. The molecule has 0 saturated heterocycles. The Morgan fingerprint density at radius 1 is 1.67 bits per heavy atom. The molecule has 4 heteroatoms. The number of hydrogen-bond donors (Lipinski definition) is 3. The standard InChI is InChI=1S/C8H18N2O2/c1-3-4-8(2,9)7(12)10-5-6-11/h11H,3-6,9H2,1-2H3,(H,10,12). The molecule has 0 aromatic rings. The predicted molar refractivity (Wildman–Crippen MR) is 47.6 cm³/mol. The highest BCUT2D eigenvalue weighted by molar-refractivity contribution is 5.85. The number of aliphatic hydroxyl groups excluding tert-OH is 1. The zero-order valence-electron chi connectivity index (χ0n) is 7.76. The van der Waals surface area contributed by atoms with Crippen LogP contribution in [0.15, 0.2) is 0 Å². The average Bonchev–Trinajstić information content (AvgIpc) is 2.00. The molecular formula is C8H18N2O2. The summed E-state index contributed by atoms with van der Waals surface area (Å²) in [4.78, 5) is 11.3. The molecule has 1 unspecified atom stereocenters. The minimum absolute atomic E-state index is 0.0477. The van der Waals surface area contributed by atoms with Gasteiger partial charge in [-0.25, -0.2) is 0 Å². The first-order chi connectivity index (χ1) is 5.54. The van der Waals surface area contributed by atoms with Crippen LogP contribution in [-0.4, -0.2) is 29.7 Å². The van der Waals surface area contributed by atoms with Crippen molar-refractivity contribution in [3.8, 4) is 0 Å². The van der Waals surface area contributed by atoms with Gasteiger partial charge in [0.25, 0.3) is 0 Å². The molecule has 0 fully saturated rings. The van der Waals surface area contributed by atoms with Gasteiger partial charge in [-0.3, -0.25) is 4.79 Å². The van der Waals surface area contributed by atoms with Crippen LogP contribution >= 0.6 is 0 Å². The van der Waals surface area contributed by atoms with Crippen LogP contribution in [-0.2, 0) is 4.79 Å². The molecule has 4 nitrogen and oxygen atoms in total. The number of amides is 1. The zero-order valence-corrected chi connectivity index (χ0v) is 7.76. The lowest BCUT2D eigenvalue weighted by atomic mass is 9.97. The van der Waals surface area contributed by atoms with Gasteiger partial charge in [0.15, 0.2) is 0 Å². The van der Waals surface area contributed by atoms with Crippen molar-refractivity contribution in [3.63, 3.8) is 0 Å². The molecule has 1 amide bonds. The molecule has 0 spiro atoms. The topological polar surface area (TPSA) is 75.4 Å². The Bertz CT molecular complexity index is 146.